The predicted octanol–water partition coefficient (Wildman–Crippen LogP) is 1.22. The van der Waals surface area contributed by atoms with E-state index in [0.29, 0.717) is 12.1 Å². The molecular formula is C9H10FN3. The van der Waals surface area contributed by atoms with Crippen molar-refractivity contribution in [3.8, 4) is 12.3 Å². The van der Waals surface area contributed by atoms with Crippen LogP contribution in [0.2, 0.25) is 0 Å². The van der Waals surface area contributed by atoms with Gasteiger partial charge in [0.2, 0.25) is 0 Å². The number of halogens is 1. The minimum atomic E-state index is -0.416. The Morgan fingerprint density at radius 3 is 3.00 bits per heavy atom. The van der Waals surface area contributed by atoms with Crippen LogP contribution in [0.1, 0.15) is 12.6 Å². The van der Waals surface area contributed by atoms with Gasteiger partial charge in [-0.05, 0) is 6.42 Å². The van der Waals surface area contributed by atoms with Crippen molar-refractivity contribution in [1.29, 1.82) is 0 Å². The number of aromatic nitrogens is 2. The maximum atomic E-state index is 13.3. The Balaban J connectivity index is 2.89. The van der Waals surface area contributed by atoms with Gasteiger partial charge in [0, 0.05) is 0 Å². The van der Waals surface area contributed by atoms with Crippen molar-refractivity contribution in [1.82, 2.24) is 9.97 Å². The molecule has 13 heavy (non-hydrogen) atoms. The molecule has 0 fully saturated rings. The van der Waals surface area contributed by atoms with Crippen LogP contribution < -0.4 is 5.32 Å². The van der Waals surface area contributed by atoms with Crippen LogP contribution in [0.15, 0.2) is 6.33 Å². The molecule has 0 unspecified atom stereocenters. The van der Waals surface area contributed by atoms with E-state index in [0.717, 1.165) is 0 Å². The molecule has 1 N–H and O–H groups in total. The number of nitrogens with one attached hydrogen (secondary N) is 1. The lowest BCUT2D eigenvalue weighted by Gasteiger charge is -2.04. The fourth-order valence-electron chi connectivity index (χ4n) is 0.911. The number of hydrogen-bond donors (Lipinski definition) is 1. The second kappa shape index (κ2) is 4.41. The molecule has 0 radical (unpaired) electrons. The molecule has 0 atom stereocenters. The van der Waals surface area contributed by atoms with Crippen molar-refractivity contribution < 1.29 is 4.39 Å². The van der Waals surface area contributed by atoms with Gasteiger partial charge in [-0.3, -0.25) is 0 Å². The molecule has 4 heteroatoms. The van der Waals surface area contributed by atoms with Gasteiger partial charge in [-0.1, -0.05) is 12.8 Å². The van der Waals surface area contributed by atoms with Gasteiger partial charge in [-0.2, -0.15) is 0 Å². The molecule has 0 aromatic carbocycles. The van der Waals surface area contributed by atoms with Crippen molar-refractivity contribution in [3.63, 3.8) is 0 Å². The summed E-state index contributed by atoms with van der Waals surface area (Å²) in [5.74, 6) is 2.10. The van der Waals surface area contributed by atoms with Gasteiger partial charge < -0.3 is 5.32 Å². The van der Waals surface area contributed by atoms with Crippen LogP contribution in [0.5, 0.6) is 0 Å². The summed E-state index contributed by atoms with van der Waals surface area (Å²) in [4.78, 5) is 7.52. The summed E-state index contributed by atoms with van der Waals surface area (Å²) in [7, 11) is 0. The Hall–Kier alpha value is -1.63. The van der Waals surface area contributed by atoms with Gasteiger partial charge >= 0.3 is 0 Å². The number of rotatable bonds is 3. The third-order valence-corrected chi connectivity index (χ3v) is 1.55. The van der Waals surface area contributed by atoms with E-state index in [1.165, 1.54) is 6.33 Å². The van der Waals surface area contributed by atoms with Crippen molar-refractivity contribution >= 4 is 5.82 Å². The largest absolute Gasteiger partial charge is 0.357 e. The van der Waals surface area contributed by atoms with Gasteiger partial charge in [0.1, 0.15) is 6.33 Å². The summed E-state index contributed by atoms with van der Waals surface area (Å²) in [6.45, 7) is 2.09. The first kappa shape index (κ1) is 9.46. The van der Waals surface area contributed by atoms with E-state index in [-0.39, 0.29) is 12.4 Å². The SMILES string of the molecule is C#CCNc1ncnc(CC)c1F. The Bertz CT molecular complexity index is 330. The average molecular weight is 179 g/mol. The van der Waals surface area contributed by atoms with E-state index in [1.54, 1.807) is 0 Å². The molecule has 3 nitrogen and oxygen atoms in total. The minimum absolute atomic E-state index is 0.171. The lowest BCUT2D eigenvalue weighted by atomic mass is 10.3. The van der Waals surface area contributed by atoms with Gasteiger partial charge in [0.15, 0.2) is 11.6 Å². The summed E-state index contributed by atoms with van der Waals surface area (Å²) in [6.07, 6.45) is 6.88. The van der Waals surface area contributed by atoms with E-state index in [2.05, 4.69) is 21.2 Å². The summed E-state index contributed by atoms with van der Waals surface area (Å²) in [5.41, 5.74) is 0.398. The molecule has 1 heterocycles. The normalized spacial score (nSPS) is 9.31. The van der Waals surface area contributed by atoms with Crippen LogP contribution in [-0.4, -0.2) is 16.5 Å². The maximum absolute atomic E-state index is 13.3. The van der Waals surface area contributed by atoms with Gasteiger partial charge in [-0.25, -0.2) is 14.4 Å². The van der Waals surface area contributed by atoms with Crippen LogP contribution in [0, 0.1) is 18.2 Å². The number of hydrogen-bond acceptors (Lipinski definition) is 3. The molecule has 0 bridgehead atoms. The van der Waals surface area contributed by atoms with E-state index in [1.807, 2.05) is 6.92 Å². The Labute approximate surface area is 76.4 Å². The third-order valence-electron chi connectivity index (χ3n) is 1.55. The molecule has 0 aliphatic carbocycles. The molecule has 68 valence electrons. The lowest BCUT2D eigenvalue weighted by Crippen LogP contribution is -2.06. The first-order valence-corrected chi connectivity index (χ1v) is 3.96. The average Bonchev–Trinajstić information content (AvgIpc) is 2.16. The van der Waals surface area contributed by atoms with E-state index in [9.17, 15) is 4.39 Å². The molecule has 0 saturated heterocycles. The van der Waals surface area contributed by atoms with Crippen LogP contribution in [0.4, 0.5) is 10.2 Å². The number of anilines is 1. The Kier molecular flexibility index (Phi) is 3.21. The molecule has 1 aromatic heterocycles. The van der Waals surface area contributed by atoms with E-state index < -0.39 is 5.82 Å². The third kappa shape index (κ3) is 2.15. The van der Waals surface area contributed by atoms with E-state index in [4.69, 9.17) is 6.42 Å². The number of aryl methyl sites for hydroxylation is 1. The predicted molar refractivity (Wildman–Crippen MR) is 48.7 cm³/mol. The number of nitrogens with zero attached hydrogens (tertiary/aromatic N) is 2. The fraction of sp³-hybridized carbons (Fsp3) is 0.333. The van der Waals surface area contributed by atoms with Crippen LogP contribution >= 0.6 is 0 Å². The van der Waals surface area contributed by atoms with Gasteiger partial charge in [-0.15, -0.1) is 6.42 Å². The second-order valence-electron chi connectivity index (χ2n) is 2.39. The summed E-state index contributed by atoms with van der Waals surface area (Å²) >= 11 is 0. The molecular weight excluding hydrogens is 169 g/mol. The highest BCUT2D eigenvalue weighted by Crippen LogP contribution is 2.12. The highest BCUT2D eigenvalue weighted by molar-refractivity contribution is 5.38. The molecule has 0 spiro atoms. The van der Waals surface area contributed by atoms with Gasteiger partial charge in [0.05, 0.1) is 12.2 Å². The minimum Gasteiger partial charge on any atom is -0.357 e. The zero-order valence-corrected chi connectivity index (χ0v) is 7.34. The van der Waals surface area contributed by atoms with Crippen LogP contribution in [-0.2, 0) is 6.42 Å². The zero-order chi connectivity index (χ0) is 9.68. The van der Waals surface area contributed by atoms with Crippen LogP contribution in [0.3, 0.4) is 0 Å². The highest BCUT2D eigenvalue weighted by Gasteiger charge is 2.07. The van der Waals surface area contributed by atoms with Crippen molar-refractivity contribution in [2.24, 2.45) is 0 Å². The Morgan fingerprint density at radius 1 is 1.62 bits per heavy atom. The maximum Gasteiger partial charge on any atom is 0.186 e. The molecule has 1 aromatic rings. The van der Waals surface area contributed by atoms with Crippen molar-refractivity contribution in [2.75, 3.05) is 11.9 Å². The summed E-state index contributed by atoms with van der Waals surface area (Å²) in [6, 6.07) is 0. The molecule has 0 aliphatic heterocycles. The van der Waals surface area contributed by atoms with Crippen molar-refractivity contribution in [2.45, 2.75) is 13.3 Å². The molecule has 1 rings (SSSR count). The second-order valence-corrected chi connectivity index (χ2v) is 2.39. The molecule has 0 amide bonds. The van der Waals surface area contributed by atoms with Gasteiger partial charge in [0.25, 0.3) is 0 Å². The molecule has 0 saturated carbocycles. The van der Waals surface area contributed by atoms with Crippen LogP contribution in [0.25, 0.3) is 0 Å². The lowest BCUT2D eigenvalue weighted by molar-refractivity contribution is 0.597. The standard InChI is InChI=1S/C9H10FN3/c1-3-5-11-9-8(10)7(4-2)12-6-13-9/h1,6H,4-5H2,2H3,(H,11,12,13). The summed E-state index contributed by atoms with van der Waals surface area (Å²) < 4.78 is 13.3. The summed E-state index contributed by atoms with van der Waals surface area (Å²) in [5, 5.41) is 2.68. The van der Waals surface area contributed by atoms with E-state index >= 15 is 0 Å². The Morgan fingerprint density at radius 2 is 2.38 bits per heavy atom. The monoisotopic (exact) mass is 179 g/mol. The first-order chi connectivity index (χ1) is 6.29. The quantitative estimate of drug-likeness (QED) is 0.709. The van der Waals surface area contributed by atoms with Crippen molar-refractivity contribution in [3.05, 3.63) is 17.8 Å². The topological polar surface area (TPSA) is 37.8 Å². The smallest absolute Gasteiger partial charge is 0.186 e. The molecule has 0 aliphatic rings. The number of terminal acetylenes is 1. The first-order valence-electron chi connectivity index (χ1n) is 3.96. The fourth-order valence-corrected chi connectivity index (χ4v) is 0.911. The zero-order valence-electron chi connectivity index (χ0n) is 7.34. The highest BCUT2D eigenvalue weighted by atomic mass is 19.1.